The number of nitro groups is 1. The Morgan fingerprint density at radius 1 is 1.17 bits per heavy atom. The van der Waals surface area contributed by atoms with Crippen molar-refractivity contribution in [3.05, 3.63) is 63.7 Å². The van der Waals surface area contributed by atoms with Crippen LogP contribution in [0.5, 0.6) is 5.75 Å². The summed E-state index contributed by atoms with van der Waals surface area (Å²) in [5, 5.41) is 11.0. The number of sulfonamides is 1. The third kappa shape index (κ3) is 5.53. The molecular weight excluding hydrogens is 394 g/mol. The van der Waals surface area contributed by atoms with Crippen LogP contribution < -0.4 is 9.46 Å². The minimum absolute atomic E-state index is 0.0819. The van der Waals surface area contributed by atoms with E-state index in [1.807, 2.05) is 24.3 Å². The SMILES string of the molecule is Cc1ccc(S(=O)(=O)NCc2ccc(OC3CCN(C)CC3)cc2)cc1[N+](=O)[O-]. The molecule has 0 aromatic heterocycles. The number of hydrogen-bond acceptors (Lipinski definition) is 6. The van der Waals surface area contributed by atoms with E-state index in [2.05, 4.69) is 16.7 Å². The molecule has 2 aromatic rings. The fraction of sp³-hybridized carbons (Fsp3) is 0.400. The van der Waals surface area contributed by atoms with Gasteiger partial charge in [0.25, 0.3) is 5.69 Å². The van der Waals surface area contributed by atoms with Gasteiger partial charge in [0.2, 0.25) is 10.0 Å². The topological polar surface area (TPSA) is 102 Å². The molecule has 1 fully saturated rings. The van der Waals surface area contributed by atoms with Gasteiger partial charge in [-0.3, -0.25) is 10.1 Å². The van der Waals surface area contributed by atoms with E-state index < -0.39 is 14.9 Å². The van der Waals surface area contributed by atoms with Crippen molar-refractivity contribution in [1.29, 1.82) is 0 Å². The fourth-order valence-electron chi connectivity index (χ4n) is 3.20. The molecule has 1 heterocycles. The minimum Gasteiger partial charge on any atom is -0.490 e. The zero-order valence-corrected chi connectivity index (χ0v) is 17.3. The zero-order chi connectivity index (χ0) is 21.0. The van der Waals surface area contributed by atoms with Crippen LogP contribution in [0.1, 0.15) is 24.0 Å². The second-order valence-electron chi connectivity index (χ2n) is 7.29. The van der Waals surface area contributed by atoms with Crippen molar-refractivity contribution in [3.63, 3.8) is 0 Å². The van der Waals surface area contributed by atoms with Gasteiger partial charge in [-0.1, -0.05) is 18.2 Å². The molecule has 1 N–H and O–H groups in total. The molecule has 1 aliphatic heterocycles. The average molecular weight is 420 g/mol. The summed E-state index contributed by atoms with van der Waals surface area (Å²) < 4.78 is 33.4. The maximum Gasteiger partial charge on any atom is 0.273 e. The number of nitrogens with one attached hydrogen (secondary N) is 1. The van der Waals surface area contributed by atoms with Gasteiger partial charge in [0, 0.05) is 31.3 Å². The number of benzene rings is 2. The van der Waals surface area contributed by atoms with Gasteiger partial charge in [-0.25, -0.2) is 13.1 Å². The number of piperidine rings is 1. The summed E-state index contributed by atoms with van der Waals surface area (Å²) in [6, 6.07) is 11.2. The molecule has 0 radical (unpaired) electrons. The highest BCUT2D eigenvalue weighted by molar-refractivity contribution is 7.89. The molecule has 8 nitrogen and oxygen atoms in total. The highest BCUT2D eigenvalue weighted by Crippen LogP contribution is 2.23. The highest BCUT2D eigenvalue weighted by atomic mass is 32.2. The lowest BCUT2D eigenvalue weighted by Gasteiger charge is -2.29. The van der Waals surface area contributed by atoms with Crippen molar-refractivity contribution in [2.75, 3.05) is 20.1 Å². The van der Waals surface area contributed by atoms with Crippen LogP contribution in [0.4, 0.5) is 5.69 Å². The van der Waals surface area contributed by atoms with Crippen LogP contribution in [0.2, 0.25) is 0 Å². The molecule has 0 spiro atoms. The molecule has 0 atom stereocenters. The molecular formula is C20H25N3O5S. The van der Waals surface area contributed by atoms with Crippen molar-refractivity contribution >= 4 is 15.7 Å². The second-order valence-corrected chi connectivity index (χ2v) is 9.06. The van der Waals surface area contributed by atoms with Crippen LogP contribution in [-0.2, 0) is 16.6 Å². The molecule has 2 aromatic carbocycles. The first kappa shape index (κ1) is 21.2. The first-order chi connectivity index (χ1) is 13.7. The Bertz CT molecular complexity index is 968. The van der Waals surface area contributed by atoms with Gasteiger partial charge < -0.3 is 9.64 Å². The Kier molecular flexibility index (Phi) is 6.51. The molecule has 1 aliphatic rings. The monoisotopic (exact) mass is 419 g/mol. The standard InChI is InChI=1S/C20H25N3O5S/c1-15-3-8-19(13-20(15)23(24)25)29(26,27)21-14-16-4-6-17(7-5-16)28-18-9-11-22(2)12-10-18/h3-8,13,18,21H,9-12,14H2,1-2H3. The second kappa shape index (κ2) is 8.89. The fourth-order valence-corrected chi connectivity index (χ4v) is 4.23. The maximum atomic E-state index is 12.5. The average Bonchev–Trinajstić information content (AvgIpc) is 2.69. The number of hydrogen-bond donors (Lipinski definition) is 1. The van der Waals surface area contributed by atoms with Crippen LogP contribution in [0.25, 0.3) is 0 Å². The van der Waals surface area contributed by atoms with Crippen molar-refractivity contribution < 1.29 is 18.1 Å². The Morgan fingerprint density at radius 3 is 2.45 bits per heavy atom. The molecule has 0 aliphatic carbocycles. The number of aryl methyl sites for hydroxylation is 1. The lowest BCUT2D eigenvalue weighted by atomic mass is 10.1. The first-order valence-electron chi connectivity index (χ1n) is 9.43. The molecule has 3 rings (SSSR count). The van der Waals surface area contributed by atoms with E-state index in [1.54, 1.807) is 6.92 Å². The third-order valence-electron chi connectivity index (χ3n) is 5.05. The number of likely N-dealkylation sites (tertiary alicyclic amines) is 1. The molecule has 29 heavy (non-hydrogen) atoms. The Balaban J connectivity index is 1.60. The van der Waals surface area contributed by atoms with E-state index in [1.165, 1.54) is 12.1 Å². The summed E-state index contributed by atoms with van der Waals surface area (Å²) in [5.74, 6) is 0.764. The van der Waals surface area contributed by atoms with Crippen LogP contribution in [0.15, 0.2) is 47.4 Å². The smallest absolute Gasteiger partial charge is 0.273 e. The molecule has 0 unspecified atom stereocenters. The van der Waals surface area contributed by atoms with Crippen molar-refractivity contribution in [3.8, 4) is 5.75 Å². The van der Waals surface area contributed by atoms with Crippen molar-refractivity contribution in [1.82, 2.24) is 9.62 Å². The number of ether oxygens (including phenoxy) is 1. The summed E-state index contributed by atoms with van der Waals surface area (Å²) in [5.41, 5.74) is 0.961. The first-order valence-corrected chi connectivity index (χ1v) is 10.9. The van der Waals surface area contributed by atoms with Gasteiger partial charge in [0.1, 0.15) is 11.9 Å². The summed E-state index contributed by atoms with van der Waals surface area (Å²) in [6.07, 6.45) is 2.18. The maximum absolute atomic E-state index is 12.5. The predicted molar refractivity (Wildman–Crippen MR) is 109 cm³/mol. The lowest BCUT2D eigenvalue weighted by Crippen LogP contribution is -2.35. The largest absolute Gasteiger partial charge is 0.490 e. The van der Waals surface area contributed by atoms with E-state index in [0.717, 1.165) is 43.3 Å². The van der Waals surface area contributed by atoms with Gasteiger partial charge in [-0.15, -0.1) is 0 Å². The van der Waals surface area contributed by atoms with Gasteiger partial charge in [0.15, 0.2) is 0 Å². The van der Waals surface area contributed by atoms with E-state index in [4.69, 9.17) is 4.74 Å². The molecule has 0 saturated carbocycles. The molecule has 0 bridgehead atoms. The Hall–Kier alpha value is -2.49. The number of rotatable bonds is 7. The normalized spacial score (nSPS) is 15.9. The van der Waals surface area contributed by atoms with E-state index in [0.29, 0.717) is 5.56 Å². The van der Waals surface area contributed by atoms with Gasteiger partial charge in [0.05, 0.1) is 9.82 Å². The van der Waals surface area contributed by atoms with Crippen LogP contribution >= 0.6 is 0 Å². The number of nitro benzene ring substituents is 1. The minimum atomic E-state index is -3.86. The third-order valence-corrected chi connectivity index (χ3v) is 6.44. The molecule has 9 heteroatoms. The van der Waals surface area contributed by atoms with Crippen molar-refractivity contribution in [2.24, 2.45) is 0 Å². The van der Waals surface area contributed by atoms with E-state index in [9.17, 15) is 18.5 Å². The zero-order valence-electron chi connectivity index (χ0n) is 16.5. The van der Waals surface area contributed by atoms with Gasteiger partial charge in [-0.2, -0.15) is 0 Å². The lowest BCUT2D eigenvalue weighted by molar-refractivity contribution is -0.385. The van der Waals surface area contributed by atoms with Crippen molar-refractivity contribution in [2.45, 2.75) is 37.3 Å². The summed E-state index contributed by atoms with van der Waals surface area (Å²) in [4.78, 5) is 12.6. The van der Waals surface area contributed by atoms with Crippen LogP contribution in [0.3, 0.4) is 0 Å². The molecule has 1 saturated heterocycles. The van der Waals surface area contributed by atoms with E-state index in [-0.39, 0.29) is 23.2 Å². The predicted octanol–water partition coefficient (Wildman–Crippen LogP) is 2.85. The summed E-state index contributed by atoms with van der Waals surface area (Å²) in [7, 11) is -1.76. The molecule has 0 amide bonds. The van der Waals surface area contributed by atoms with Gasteiger partial charge in [-0.05, 0) is 50.6 Å². The van der Waals surface area contributed by atoms with E-state index >= 15 is 0 Å². The Labute approximate surface area is 170 Å². The van der Waals surface area contributed by atoms with Crippen LogP contribution in [0, 0.1) is 17.0 Å². The van der Waals surface area contributed by atoms with Gasteiger partial charge >= 0.3 is 0 Å². The van der Waals surface area contributed by atoms with Crippen LogP contribution in [-0.4, -0.2) is 44.5 Å². The highest BCUT2D eigenvalue weighted by Gasteiger charge is 2.20. The quantitative estimate of drug-likeness (QED) is 0.547. The summed E-state index contributed by atoms with van der Waals surface area (Å²) >= 11 is 0. The summed E-state index contributed by atoms with van der Waals surface area (Å²) in [6.45, 7) is 3.68. The number of nitrogens with zero attached hydrogens (tertiary/aromatic N) is 2. The Morgan fingerprint density at radius 2 is 1.83 bits per heavy atom. The molecule has 156 valence electrons.